The number of hydrogen-bond acceptors (Lipinski definition) is 3. The van der Waals surface area contributed by atoms with Crippen LogP contribution in [0.4, 0.5) is 0 Å². The monoisotopic (exact) mass is 266 g/mol. The molecule has 1 aliphatic carbocycles. The van der Waals surface area contributed by atoms with E-state index in [4.69, 9.17) is 4.98 Å². The quantitative estimate of drug-likeness (QED) is 0.877. The lowest BCUT2D eigenvalue weighted by molar-refractivity contribution is 0.263. The van der Waals surface area contributed by atoms with Crippen molar-refractivity contribution >= 4 is 11.3 Å². The highest BCUT2D eigenvalue weighted by molar-refractivity contribution is 7.09. The third-order valence-corrected chi connectivity index (χ3v) is 4.86. The molecule has 2 nitrogen and oxygen atoms in total. The molecule has 0 aromatic carbocycles. The fourth-order valence-corrected chi connectivity index (χ4v) is 3.50. The Labute approximate surface area is 115 Å². The van der Waals surface area contributed by atoms with E-state index >= 15 is 0 Å². The fraction of sp³-hybridized carbons (Fsp3) is 0.800. The van der Waals surface area contributed by atoms with E-state index in [1.54, 1.807) is 0 Å². The number of thiazole rings is 1. The number of likely N-dealkylation sites (N-methyl/N-ethyl adjacent to an activating group) is 1. The topological polar surface area (TPSA) is 24.9 Å². The van der Waals surface area contributed by atoms with E-state index in [-0.39, 0.29) is 5.41 Å². The summed E-state index contributed by atoms with van der Waals surface area (Å²) >= 11 is 1.82. The molecule has 3 heteroatoms. The normalized spacial score (nSPS) is 18.7. The highest BCUT2D eigenvalue weighted by Crippen LogP contribution is 2.31. The van der Waals surface area contributed by atoms with Crippen molar-refractivity contribution in [1.29, 1.82) is 0 Å². The lowest BCUT2D eigenvalue weighted by Crippen LogP contribution is -2.32. The fourth-order valence-electron chi connectivity index (χ4n) is 2.39. The predicted molar refractivity (Wildman–Crippen MR) is 79.3 cm³/mol. The highest BCUT2D eigenvalue weighted by Gasteiger charge is 2.23. The molecule has 1 aromatic heterocycles. The lowest BCUT2D eigenvalue weighted by atomic mass is 9.80. The number of nitrogens with one attached hydrogen (secondary N) is 1. The average Bonchev–Trinajstić information content (AvgIpc) is 2.69. The third kappa shape index (κ3) is 3.55. The molecule has 0 radical (unpaired) electrons. The molecule has 0 spiro atoms. The highest BCUT2D eigenvalue weighted by atomic mass is 32.1. The summed E-state index contributed by atoms with van der Waals surface area (Å²) in [7, 11) is 2.08. The van der Waals surface area contributed by atoms with E-state index in [0.717, 1.165) is 12.3 Å². The molecule has 1 fully saturated rings. The molecule has 1 atom stereocenters. The van der Waals surface area contributed by atoms with E-state index in [1.165, 1.54) is 36.4 Å². The standard InChI is InChI=1S/C15H26N2S/c1-15(2,3)13-10-18-14(17-13)9-12(16-4)8-11-6-5-7-11/h10-12,16H,5-9H2,1-4H3. The van der Waals surface area contributed by atoms with Crippen molar-refractivity contribution in [1.82, 2.24) is 10.3 Å². The van der Waals surface area contributed by atoms with Gasteiger partial charge in [0.1, 0.15) is 0 Å². The number of rotatable bonds is 5. The number of nitrogens with zero attached hydrogens (tertiary/aromatic N) is 1. The third-order valence-electron chi connectivity index (χ3n) is 3.99. The Morgan fingerprint density at radius 3 is 2.61 bits per heavy atom. The molecule has 1 unspecified atom stereocenters. The second kappa shape index (κ2) is 5.70. The Bertz CT molecular complexity index is 374. The second-order valence-corrected chi connectivity index (χ2v) is 7.54. The molecule has 1 heterocycles. The minimum Gasteiger partial charge on any atom is -0.317 e. The van der Waals surface area contributed by atoms with Gasteiger partial charge in [-0.05, 0) is 19.4 Å². The minimum atomic E-state index is 0.178. The van der Waals surface area contributed by atoms with Gasteiger partial charge in [-0.15, -0.1) is 11.3 Å². The molecule has 1 saturated carbocycles. The van der Waals surface area contributed by atoms with Gasteiger partial charge < -0.3 is 5.32 Å². The zero-order valence-electron chi connectivity index (χ0n) is 12.1. The summed E-state index contributed by atoms with van der Waals surface area (Å²) in [6.45, 7) is 6.70. The molecule has 1 N–H and O–H groups in total. The average molecular weight is 266 g/mol. The summed E-state index contributed by atoms with van der Waals surface area (Å²) in [5.74, 6) is 0.962. The summed E-state index contributed by atoms with van der Waals surface area (Å²) in [5.41, 5.74) is 1.42. The van der Waals surface area contributed by atoms with E-state index in [1.807, 2.05) is 11.3 Å². The van der Waals surface area contributed by atoms with Crippen molar-refractivity contribution in [3.05, 3.63) is 16.1 Å². The Kier molecular flexibility index (Phi) is 4.44. The predicted octanol–water partition coefficient (Wildman–Crippen LogP) is 3.76. The molecule has 1 aromatic rings. The van der Waals surface area contributed by atoms with Crippen molar-refractivity contribution in [2.24, 2.45) is 5.92 Å². The van der Waals surface area contributed by atoms with Crippen LogP contribution >= 0.6 is 11.3 Å². The van der Waals surface area contributed by atoms with Crippen LogP contribution in [0.2, 0.25) is 0 Å². The SMILES string of the molecule is CNC(Cc1nc(C(C)(C)C)cs1)CC1CCC1. The second-order valence-electron chi connectivity index (χ2n) is 6.60. The van der Waals surface area contributed by atoms with Gasteiger partial charge in [0.05, 0.1) is 10.7 Å². The van der Waals surface area contributed by atoms with Crippen LogP contribution in [-0.4, -0.2) is 18.1 Å². The largest absolute Gasteiger partial charge is 0.317 e. The molecule has 102 valence electrons. The first-order chi connectivity index (χ1) is 8.49. The van der Waals surface area contributed by atoms with Crippen LogP contribution < -0.4 is 5.32 Å². The zero-order valence-corrected chi connectivity index (χ0v) is 12.9. The molecule has 0 saturated heterocycles. The molecule has 1 aliphatic rings. The molecule has 18 heavy (non-hydrogen) atoms. The van der Waals surface area contributed by atoms with Crippen molar-refractivity contribution in [2.75, 3.05) is 7.05 Å². The van der Waals surface area contributed by atoms with Gasteiger partial charge in [0.2, 0.25) is 0 Å². The van der Waals surface area contributed by atoms with Crippen LogP contribution in [0.1, 0.15) is 57.2 Å². The van der Waals surface area contributed by atoms with Gasteiger partial charge in [0.15, 0.2) is 0 Å². The van der Waals surface area contributed by atoms with Crippen LogP contribution in [-0.2, 0) is 11.8 Å². The van der Waals surface area contributed by atoms with Gasteiger partial charge in [-0.25, -0.2) is 4.98 Å². The summed E-state index contributed by atoms with van der Waals surface area (Å²) < 4.78 is 0. The molecular weight excluding hydrogens is 240 g/mol. The smallest absolute Gasteiger partial charge is 0.0944 e. The summed E-state index contributed by atoms with van der Waals surface area (Å²) in [6.07, 6.45) is 6.72. The first-order valence-electron chi connectivity index (χ1n) is 7.11. The first kappa shape index (κ1) is 14.0. The summed E-state index contributed by atoms with van der Waals surface area (Å²) in [5, 5.41) is 6.98. The van der Waals surface area contributed by atoms with Crippen molar-refractivity contribution in [3.63, 3.8) is 0 Å². The van der Waals surface area contributed by atoms with Gasteiger partial charge >= 0.3 is 0 Å². The molecule has 0 aliphatic heterocycles. The van der Waals surface area contributed by atoms with Gasteiger partial charge in [0, 0.05) is 23.3 Å². The van der Waals surface area contributed by atoms with E-state index in [2.05, 4.69) is 38.5 Å². The van der Waals surface area contributed by atoms with Crippen LogP contribution in [0.15, 0.2) is 5.38 Å². The first-order valence-corrected chi connectivity index (χ1v) is 7.99. The van der Waals surface area contributed by atoms with Crippen LogP contribution in [0, 0.1) is 5.92 Å². The maximum Gasteiger partial charge on any atom is 0.0944 e. The zero-order chi connectivity index (χ0) is 13.2. The van der Waals surface area contributed by atoms with Gasteiger partial charge in [0.25, 0.3) is 0 Å². The maximum absolute atomic E-state index is 4.80. The van der Waals surface area contributed by atoms with E-state index in [9.17, 15) is 0 Å². The van der Waals surface area contributed by atoms with Crippen LogP contribution in [0.3, 0.4) is 0 Å². The maximum atomic E-state index is 4.80. The van der Waals surface area contributed by atoms with E-state index < -0.39 is 0 Å². The molecule has 0 bridgehead atoms. The minimum absolute atomic E-state index is 0.178. The van der Waals surface area contributed by atoms with E-state index in [0.29, 0.717) is 6.04 Å². The summed E-state index contributed by atoms with van der Waals surface area (Å²) in [4.78, 5) is 4.80. The van der Waals surface area contributed by atoms with Crippen molar-refractivity contribution in [2.45, 2.75) is 64.3 Å². The van der Waals surface area contributed by atoms with Gasteiger partial charge in [-0.2, -0.15) is 0 Å². The Hall–Kier alpha value is -0.410. The lowest BCUT2D eigenvalue weighted by Gasteiger charge is -2.29. The number of hydrogen-bond donors (Lipinski definition) is 1. The Morgan fingerprint density at radius 1 is 1.44 bits per heavy atom. The van der Waals surface area contributed by atoms with Crippen LogP contribution in [0.5, 0.6) is 0 Å². The van der Waals surface area contributed by atoms with Gasteiger partial charge in [-0.1, -0.05) is 40.0 Å². The van der Waals surface area contributed by atoms with Crippen molar-refractivity contribution in [3.8, 4) is 0 Å². The number of aromatic nitrogens is 1. The Balaban J connectivity index is 1.92. The van der Waals surface area contributed by atoms with Gasteiger partial charge in [-0.3, -0.25) is 0 Å². The Morgan fingerprint density at radius 2 is 2.17 bits per heavy atom. The van der Waals surface area contributed by atoms with Crippen molar-refractivity contribution < 1.29 is 0 Å². The molecule has 2 rings (SSSR count). The molecule has 0 amide bonds. The van der Waals surface area contributed by atoms with Crippen LogP contribution in [0.25, 0.3) is 0 Å². The summed E-state index contributed by atoms with van der Waals surface area (Å²) in [6, 6.07) is 0.606. The molecular formula is C15H26N2S.